The number of carboxylic acids is 1. The number of esters is 1. The van der Waals surface area contributed by atoms with Crippen LogP contribution in [0, 0.1) is 0 Å². The molecule has 1 rings (SSSR count). The average molecular weight is 531 g/mol. The molecule has 0 aliphatic rings. The molecule has 1 aromatic heterocycles. The Labute approximate surface area is 210 Å². The highest BCUT2D eigenvalue weighted by atomic mass is 28.3. The predicted octanol–water partition coefficient (Wildman–Crippen LogP) is 4.37. The van der Waals surface area contributed by atoms with E-state index in [0.717, 1.165) is 12.1 Å². The van der Waals surface area contributed by atoms with Crippen molar-refractivity contribution in [3.8, 4) is 11.9 Å². The van der Waals surface area contributed by atoms with E-state index in [0.29, 0.717) is 19.6 Å². The Kier molecular flexibility index (Phi) is 12.9. The number of carbonyl (C=O) groups is 2. The molecule has 0 bridgehead atoms. The van der Waals surface area contributed by atoms with Gasteiger partial charge in [0.25, 0.3) is 0 Å². The molecule has 0 radical (unpaired) electrons. The van der Waals surface area contributed by atoms with Gasteiger partial charge in [-0.2, -0.15) is 4.98 Å². The molecule has 0 aliphatic heterocycles. The number of nitrogens with zero attached hydrogens (tertiary/aromatic N) is 2. The monoisotopic (exact) mass is 530 g/mol. The number of ether oxygens (including phenoxy) is 5. The zero-order valence-corrected chi connectivity index (χ0v) is 24.4. The first-order valence-electron chi connectivity index (χ1n) is 11.9. The molecule has 0 saturated heterocycles. The fraction of sp³-hybridized carbons (Fsp3) is 0.739. The van der Waals surface area contributed by atoms with Crippen LogP contribution in [0.15, 0.2) is 6.20 Å². The lowest BCUT2D eigenvalue weighted by atomic mass is 10.0. The topological polar surface area (TPSA) is 126 Å². The van der Waals surface area contributed by atoms with Crippen LogP contribution in [0.1, 0.15) is 31.7 Å². The Balaban J connectivity index is 2.99. The van der Waals surface area contributed by atoms with Gasteiger partial charge in [-0.1, -0.05) is 46.2 Å². The second-order valence-corrected chi connectivity index (χ2v) is 22.0. The zero-order chi connectivity index (χ0) is 26.6. The van der Waals surface area contributed by atoms with Gasteiger partial charge in [-0.25, -0.2) is 4.98 Å². The third kappa shape index (κ3) is 13.0. The van der Waals surface area contributed by atoms with Crippen LogP contribution in [0.3, 0.4) is 0 Å². The van der Waals surface area contributed by atoms with Crippen molar-refractivity contribution in [2.75, 3.05) is 26.8 Å². The van der Waals surface area contributed by atoms with Crippen LogP contribution < -0.4 is 9.47 Å². The molecule has 1 heterocycles. The van der Waals surface area contributed by atoms with Gasteiger partial charge in [0.05, 0.1) is 11.7 Å². The van der Waals surface area contributed by atoms with Gasteiger partial charge >= 0.3 is 17.9 Å². The molecule has 0 aromatic carbocycles. The van der Waals surface area contributed by atoms with E-state index in [1.165, 1.54) is 6.20 Å². The summed E-state index contributed by atoms with van der Waals surface area (Å²) >= 11 is 0. The molecule has 0 aliphatic carbocycles. The SMILES string of the molecule is CCC(C)OC(=O)C(C(=O)O)c1cnc(OCOCC[Si](C)(C)C)nc1OCOCC[Si](C)(C)C. The van der Waals surface area contributed by atoms with E-state index in [1.54, 1.807) is 6.92 Å². The van der Waals surface area contributed by atoms with Crippen molar-refractivity contribution < 1.29 is 38.4 Å². The van der Waals surface area contributed by atoms with Crippen molar-refractivity contribution in [3.63, 3.8) is 0 Å². The lowest BCUT2D eigenvalue weighted by molar-refractivity contribution is -0.157. The van der Waals surface area contributed by atoms with Crippen LogP contribution in [0.25, 0.3) is 0 Å². The second kappa shape index (κ2) is 14.5. The van der Waals surface area contributed by atoms with Crippen molar-refractivity contribution in [2.45, 2.75) is 83.7 Å². The molecule has 2 unspecified atom stereocenters. The van der Waals surface area contributed by atoms with E-state index in [2.05, 4.69) is 49.3 Å². The van der Waals surface area contributed by atoms with Crippen molar-refractivity contribution in [1.82, 2.24) is 9.97 Å². The van der Waals surface area contributed by atoms with E-state index >= 15 is 0 Å². The predicted molar refractivity (Wildman–Crippen MR) is 137 cm³/mol. The smallest absolute Gasteiger partial charge is 0.325 e. The summed E-state index contributed by atoms with van der Waals surface area (Å²) in [5.41, 5.74) is -0.0356. The quantitative estimate of drug-likeness (QED) is 0.102. The van der Waals surface area contributed by atoms with Crippen molar-refractivity contribution >= 4 is 28.1 Å². The van der Waals surface area contributed by atoms with Gasteiger partial charge < -0.3 is 28.8 Å². The fourth-order valence-corrected chi connectivity index (χ4v) is 4.03. The van der Waals surface area contributed by atoms with E-state index < -0.39 is 40.1 Å². The van der Waals surface area contributed by atoms with E-state index in [-0.39, 0.29) is 31.0 Å². The average Bonchev–Trinajstić information content (AvgIpc) is 2.72. The molecule has 10 nitrogen and oxygen atoms in total. The van der Waals surface area contributed by atoms with Gasteiger partial charge in [0.15, 0.2) is 19.5 Å². The molecule has 200 valence electrons. The first-order chi connectivity index (χ1) is 16.2. The standard InChI is InChI=1S/C23H42N2O8Si2/c1-9-17(2)33-22(28)19(21(26)27)18-14-24-23(32-16-30-11-13-35(6,7)8)25-20(18)31-15-29-10-12-34(3,4)5/h14,17,19H,9-13,15-16H2,1-8H3,(H,26,27). The number of hydrogen-bond acceptors (Lipinski definition) is 9. The highest BCUT2D eigenvalue weighted by Crippen LogP contribution is 2.28. The Morgan fingerprint density at radius 1 is 0.971 bits per heavy atom. The van der Waals surface area contributed by atoms with Crippen LogP contribution in [-0.4, -0.2) is 76.1 Å². The minimum absolute atomic E-state index is 0.0356. The third-order valence-electron chi connectivity index (χ3n) is 4.99. The number of aromatic nitrogens is 2. The highest BCUT2D eigenvalue weighted by molar-refractivity contribution is 6.76. The minimum Gasteiger partial charge on any atom is -0.480 e. The summed E-state index contributed by atoms with van der Waals surface area (Å²) in [4.78, 5) is 32.8. The van der Waals surface area contributed by atoms with E-state index in [4.69, 9.17) is 23.7 Å². The van der Waals surface area contributed by atoms with Gasteiger partial charge in [0.2, 0.25) is 5.88 Å². The third-order valence-corrected chi connectivity index (χ3v) is 8.40. The molecule has 0 amide bonds. The molecule has 35 heavy (non-hydrogen) atoms. The molecular weight excluding hydrogens is 488 g/mol. The van der Waals surface area contributed by atoms with Gasteiger partial charge in [-0.3, -0.25) is 9.59 Å². The lowest BCUT2D eigenvalue weighted by Gasteiger charge is -2.19. The first kappa shape index (κ1) is 31.0. The number of hydrogen-bond donors (Lipinski definition) is 1. The summed E-state index contributed by atoms with van der Waals surface area (Å²) in [6, 6.07) is 1.87. The molecule has 0 spiro atoms. The Morgan fingerprint density at radius 2 is 1.51 bits per heavy atom. The first-order valence-corrected chi connectivity index (χ1v) is 19.4. The molecule has 2 atom stereocenters. The van der Waals surface area contributed by atoms with Gasteiger partial charge in [0.1, 0.15) is 0 Å². The number of carbonyl (C=O) groups excluding carboxylic acids is 1. The van der Waals surface area contributed by atoms with Crippen LogP contribution in [0.2, 0.25) is 51.4 Å². The largest absolute Gasteiger partial charge is 0.480 e. The van der Waals surface area contributed by atoms with Crippen LogP contribution in [0.5, 0.6) is 11.9 Å². The summed E-state index contributed by atoms with van der Waals surface area (Å²) in [6.07, 6.45) is 1.32. The van der Waals surface area contributed by atoms with Crippen molar-refractivity contribution in [1.29, 1.82) is 0 Å². The molecular formula is C23H42N2O8Si2. The van der Waals surface area contributed by atoms with Gasteiger partial charge in [-0.15, -0.1) is 0 Å². The summed E-state index contributed by atoms with van der Waals surface area (Å²) < 4.78 is 27.4. The Hall–Kier alpha value is -2.03. The summed E-state index contributed by atoms with van der Waals surface area (Å²) in [5.74, 6) is -4.07. The second-order valence-electron chi connectivity index (χ2n) is 10.8. The van der Waals surface area contributed by atoms with Gasteiger partial charge in [-0.05, 0) is 25.4 Å². The van der Waals surface area contributed by atoms with Crippen molar-refractivity contribution in [3.05, 3.63) is 11.8 Å². The molecule has 1 N–H and O–H groups in total. The fourth-order valence-electron chi connectivity index (χ4n) is 2.52. The molecule has 1 aromatic rings. The summed E-state index contributed by atoms with van der Waals surface area (Å²) in [5, 5.41) is 9.76. The lowest BCUT2D eigenvalue weighted by Crippen LogP contribution is -2.28. The maximum absolute atomic E-state index is 12.6. The molecule has 12 heteroatoms. The van der Waals surface area contributed by atoms with Crippen LogP contribution in [-0.2, 0) is 23.8 Å². The molecule has 0 fully saturated rings. The summed E-state index contributed by atoms with van der Waals surface area (Å²) in [6.45, 7) is 17.8. The minimum atomic E-state index is -1.65. The molecule has 0 saturated carbocycles. The van der Waals surface area contributed by atoms with Crippen molar-refractivity contribution in [2.24, 2.45) is 0 Å². The Morgan fingerprint density at radius 3 is 2.00 bits per heavy atom. The van der Waals surface area contributed by atoms with Gasteiger partial charge in [0, 0.05) is 35.6 Å². The Bertz CT molecular complexity index is 812. The maximum Gasteiger partial charge on any atom is 0.325 e. The zero-order valence-electron chi connectivity index (χ0n) is 22.4. The number of aliphatic carboxylic acids is 1. The normalized spacial score (nSPS) is 13.7. The van der Waals surface area contributed by atoms with E-state index in [1.807, 2.05) is 6.92 Å². The number of rotatable bonds is 17. The highest BCUT2D eigenvalue weighted by Gasteiger charge is 2.35. The van der Waals surface area contributed by atoms with E-state index in [9.17, 15) is 14.7 Å². The van der Waals surface area contributed by atoms with Crippen LogP contribution >= 0.6 is 0 Å². The van der Waals surface area contributed by atoms with Crippen LogP contribution in [0.4, 0.5) is 0 Å². The maximum atomic E-state index is 12.6. The summed E-state index contributed by atoms with van der Waals surface area (Å²) in [7, 11) is -2.51. The number of carboxylic acid groups (broad SMARTS) is 1.